The highest BCUT2D eigenvalue weighted by molar-refractivity contribution is 5.67. The molecule has 5 heteroatoms. The van der Waals surface area contributed by atoms with Gasteiger partial charge in [-0.25, -0.2) is 4.79 Å². The van der Waals surface area contributed by atoms with E-state index in [1.54, 1.807) is 13.8 Å². The molecule has 0 aliphatic carbocycles. The van der Waals surface area contributed by atoms with Gasteiger partial charge in [-0.1, -0.05) is 13.3 Å². The number of rotatable bonds is 8. The highest BCUT2D eigenvalue weighted by atomic mass is 16.6. The van der Waals surface area contributed by atoms with Crippen LogP contribution in [-0.2, 0) is 9.53 Å². The molecule has 1 unspecified atom stereocenters. The minimum atomic E-state index is -0.768. The molecule has 0 heterocycles. The lowest BCUT2D eigenvalue weighted by Crippen LogP contribution is -2.28. The standard InChI is InChI=1S/C12H23NO4/c1-4-10(5-6-11(14)15)7-8-13-12(16)17-9(2)3/h9-10H,4-8H2,1-3H3,(H,13,16)(H,14,15). The Balaban J connectivity index is 3.68. The first-order valence-corrected chi connectivity index (χ1v) is 6.12. The van der Waals surface area contributed by atoms with E-state index >= 15 is 0 Å². The average Bonchev–Trinajstić information content (AvgIpc) is 2.21. The van der Waals surface area contributed by atoms with Gasteiger partial charge in [0.05, 0.1) is 6.10 Å². The van der Waals surface area contributed by atoms with Crippen LogP contribution in [0.1, 0.15) is 46.5 Å². The molecular formula is C12H23NO4. The fourth-order valence-corrected chi connectivity index (χ4v) is 1.51. The lowest BCUT2D eigenvalue weighted by Gasteiger charge is -2.14. The monoisotopic (exact) mass is 245 g/mol. The predicted molar refractivity (Wildman–Crippen MR) is 64.9 cm³/mol. The molecule has 17 heavy (non-hydrogen) atoms. The van der Waals surface area contributed by atoms with Crippen molar-refractivity contribution in [2.24, 2.45) is 5.92 Å². The molecule has 0 saturated carbocycles. The van der Waals surface area contributed by atoms with Crippen molar-refractivity contribution in [1.29, 1.82) is 0 Å². The fourth-order valence-electron chi connectivity index (χ4n) is 1.51. The average molecular weight is 245 g/mol. The maximum absolute atomic E-state index is 11.2. The molecule has 0 fully saturated rings. The van der Waals surface area contributed by atoms with Gasteiger partial charge >= 0.3 is 12.1 Å². The van der Waals surface area contributed by atoms with Crippen molar-refractivity contribution in [2.75, 3.05) is 6.54 Å². The summed E-state index contributed by atoms with van der Waals surface area (Å²) in [4.78, 5) is 21.6. The van der Waals surface area contributed by atoms with E-state index in [9.17, 15) is 9.59 Å². The number of hydrogen-bond donors (Lipinski definition) is 2. The van der Waals surface area contributed by atoms with Gasteiger partial charge in [0.2, 0.25) is 0 Å². The zero-order chi connectivity index (χ0) is 13.3. The van der Waals surface area contributed by atoms with Gasteiger partial charge in [-0.2, -0.15) is 0 Å². The quantitative estimate of drug-likeness (QED) is 0.688. The first-order chi connectivity index (χ1) is 7.95. The smallest absolute Gasteiger partial charge is 0.407 e. The number of carboxylic acid groups (broad SMARTS) is 1. The third-order valence-electron chi connectivity index (χ3n) is 2.51. The lowest BCUT2D eigenvalue weighted by atomic mass is 9.97. The van der Waals surface area contributed by atoms with Crippen LogP contribution in [0, 0.1) is 5.92 Å². The Bertz CT molecular complexity index is 241. The zero-order valence-corrected chi connectivity index (χ0v) is 10.9. The van der Waals surface area contributed by atoms with Crippen LogP contribution in [0.5, 0.6) is 0 Å². The largest absolute Gasteiger partial charge is 0.481 e. The van der Waals surface area contributed by atoms with Crippen LogP contribution in [0.2, 0.25) is 0 Å². The molecule has 2 N–H and O–H groups in total. The number of aliphatic carboxylic acids is 1. The molecule has 5 nitrogen and oxygen atoms in total. The van der Waals surface area contributed by atoms with Crippen molar-refractivity contribution in [3.8, 4) is 0 Å². The number of carboxylic acids is 1. The summed E-state index contributed by atoms with van der Waals surface area (Å²) in [5.41, 5.74) is 0. The van der Waals surface area contributed by atoms with Crippen molar-refractivity contribution in [3.63, 3.8) is 0 Å². The summed E-state index contributed by atoms with van der Waals surface area (Å²) in [7, 11) is 0. The van der Waals surface area contributed by atoms with Crippen LogP contribution in [0.4, 0.5) is 4.79 Å². The molecule has 0 saturated heterocycles. The van der Waals surface area contributed by atoms with Crippen LogP contribution in [0.3, 0.4) is 0 Å². The number of carbonyl (C=O) groups is 2. The van der Waals surface area contributed by atoms with Crippen LogP contribution in [0.25, 0.3) is 0 Å². The molecule has 0 aliphatic rings. The Morgan fingerprint density at radius 3 is 2.41 bits per heavy atom. The normalized spacial score (nSPS) is 12.2. The van der Waals surface area contributed by atoms with Crippen LogP contribution >= 0.6 is 0 Å². The van der Waals surface area contributed by atoms with Crippen LogP contribution in [0.15, 0.2) is 0 Å². The number of ether oxygens (including phenoxy) is 1. The third-order valence-corrected chi connectivity index (χ3v) is 2.51. The Morgan fingerprint density at radius 2 is 1.94 bits per heavy atom. The van der Waals surface area contributed by atoms with Gasteiger partial charge < -0.3 is 15.2 Å². The minimum Gasteiger partial charge on any atom is -0.481 e. The van der Waals surface area contributed by atoms with Crippen LogP contribution < -0.4 is 5.32 Å². The lowest BCUT2D eigenvalue weighted by molar-refractivity contribution is -0.137. The van der Waals surface area contributed by atoms with Gasteiger partial charge in [0, 0.05) is 13.0 Å². The summed E-state index contributed by atoms with van der Waals surface area (Å²) in [6.45, 7) is 6.14. The molecule has 0 radical (unpaired) electrons. The molecule has 0 aromatic heterocycles. The van der Waals surface area contributed by atoms with Crippen molar-refractivity contribution in [1.82, 2.24) is 5.32 Å². The highest BCUT2D eigenvalue weighted by Crippen LogP contribution is 2.14. The number of hydrogen-bond acceptors (Lipinski definition) is 3. The van der Waals surface area contributed by atoms with E-state index in [-0.39, 0.29) is 12.5 Å². The molecule has 1 atom stereocenters. The predicted octanol–water partition coefficient (Wildman–Crippen LogP) is 2.40. The van der Waals surface area contributed by atoms with Gasteiger partial charge in [0.15, 0.2) is 0 Å². The van der Waals surface area contributed by atoms with E-state index in [0.717, 1.165) is 12.8 Å². The Kier molecular flexibility index (Phi) is 8.19. The van der Waals surface area contributed by atoms with E-state index in [2.05, 4.69) is 5.32 Å². The summed E-state index contributed by atoms with van der Waals surface area (Å²) < 4.78 is 4.92. The second kappa shape index (κ2) is 8.84. The number of carbonyl (C=O) groups excluding carboxylic acids is 1. The number of nitrogens with one attached hydrogen (secondary N) is 1. The maximum atomic E-state index is 11.2. The van der Waals surface area contributed by atoms with E-state index in [1.807, 2.05) is 6.92 Å². The highest BCUT2D eigenvalue weighted by Gasteiger charge is 2.10. The van der Waals surface area contributed by atoms with Gasteiger partial charge in [0.25, 0.3) is 0 Å². The summed E-state index contributed by atoms with van der Waals surface area (Å²) in [6.07, 6.45) is 2.03. The molecular weight excluding hydrogens is 222 g/mol. The van der Waals surface area contributed by atoms with Crippen molar-refractivity contribution in [3.05, 3.63) is 0 Å². The zero-order valence-electron chi connectivity index (χ0n) is 10.9. The van der Waals surface area contributed by atoms with E-state index in [1.165, 1.54) is 0 Å². The third kappa shape index (κ3) is 9.66. The van der Waals surface area contributed by atoms with Crippen molar-refractivity contribution >= 4 is 12.1 Å². The second-order valence-electron chi connectivity index (χ2n) is 4.38. The molecule has 100 valence electrons. The molecule has 1 amide bonds. The summed E-state index contributed by atoms with van der Waals surface area (Å²) in [5.74, 6) is -0.430. The number of alkyl carbamates (subject to hydrolysis) is 1. The Labute approximate surface area is 103 Å². The molecule has 0 aliphatic heterocycles. The molecule has 0 rings (SSSR count). The maximum Gasteiger partial charge on any atom is 0.407 e. The van der Waals surface area contributed by atoms with E-state index in [0.29, 0.717) is 18.9 Å². The summed E-state index contributed by atoms with van der Waals surface area (Å²) in [6, 6.07) is 0. The second-order valence-corrected chi connectivity index (χ2v) is 4.38. The van der Waals surface area contributed by atoms with Gasteiger partial charge in [-0.15, -0.1) is 0 Å². The van der Waals surface area contributed by atoms with E-state index in [4.69, 9.17) is 9.84 Å². The topological polar surface area (TPSA) is 75.6 Å². The Morgan fingerprint density at radius 1 is 1.29 bits per heavy atom. The first kappa shape index (κ1) is 15.7. The molecule has 0 aromatic carbocycles. The summed E-state index contributed by atoms with van der Waals surface area (Å²) >= 11 is 0. The first-order valence-electron chi connectivity index (χ1n) is 6.12. The van der Waals surface area contributed by atoms with Crippen molar-refractivity contribution < 1.29 is 19.4 Å². The minimum absolute atomic E-state index is 0.121. The van der Waals surface area contributed by atoms with Gasteiger partial charge in [-0.05, 0) is 32.6 Å². The van der Waals surface area contributed by atoms with Crippen LogP contribution in [-0.4, -0.2) is 29.8 Å². The molecule has 0 spiro atoms. The Hall–Kier alpha value is -1.26. The summed E-state index contributed by atoms with van der Waals surface area (Å²) in [5, 5.41) is 11.2. The van der Waals surface area contributed by atoms with Gasteiger partial charge in [0.1, 0.15) is 0 Å². The van der Waals surface area contributed by atoms with Crippen molar-refractivity contribution in [2.45, 2.75) is 52.6 Å². The SMILES string of the molecule is CCC(CCNC(=O)OC(C)C)CCC(=O)O. The fraction of sp³-hybridized carbons (Fsp3) is 0.833. The molecule has 0 bridgehead atoms. The van der Waals surface area contributed by atoms with E-state index < -0.39 is 12.1 Å². The molecule has 0 aromatic rings. The van der Waals surface area contributed by atoms with Gasteiger partial charge in [-0.3, -0.25) is 4.79 Å². The number of amides is 1.